The summed E-state index contributed by atoms with van der Waals surface area (Å²) in [5.74, 6) is -1.09. The summed E-state index contributed by atoms with van der Waals surface area (Å²) in [5, 5.41) is 2.41. The van der Waals surface area contributed by atoms with E-state index in [4.69, 9.17) is 9.47 Å². The SMILES string of the molecule is O=C(Nc1cc(C(F)(F)F)ccc1OC[C@@H]1CCCO1)c1ccc(F)cc1. The summed E-state index contributed by atoms with van der Waals surface area (Å²) in [6, 6.07) is 7.53. The largest absolute Gasteiger partial charge is 0.489 e. The third-order valence-corrected chi connectivity index (χ3v) is 4.11. The molecule has 1 saturated heterocycles. The Morgan fingerprint density at radius 2 is 1.93 bits per heavy atom. The number of hydrogen-bond acceptors (Lipinski definition) is 3. The van der Waals surface area contributed by atoms with Crippen molar-refractivity contribution in [2.75, 3.05) is 18.5 Å². The highest BCUT2D eigenvalue weighted by molar-refractivity contribution is 6.05. The van der Waals surface area contributed by atoms with Crippen molar-refractivity contribution in [1.29, 1.82) is 0 Å². The lowest BCUT2D eigenvalue weighted by atomic mass is 10.1. The number of halogens is 4. The Hall–Kier alpha value is -2.61. The van der Waals surface area contributed by atoms with Gasteiger partial charge in [0.2, 0.25) is 0 Å². The summed E-state index contributed by atoms with van der Waals surface area (Å²) in [6.45, 7) is 0.792. The summed E-state index contributed by atoms with van der Waals surface area (Å²) in [4.78, 5) is 12.3. The molecule has 0 unspecified atom stereocenters. The highest BCUT2D eigenvalue weighted by atomic mass is 19.4. The van der Waals surface area contributed by atoms with Gasteiger partial charge in [0.25, 0.3) is 5.91 Å². The molecule has 0 saturated carbocycles. The second kappa shape index (κ2) is 7.96. The number of alkyl halides is 3. The zero-order valence-electron chi connectivity index (χ0n) is 14.2. The molecule has 1 N–H and O–H groups in total. The standard InChI is InChI=1S/C19H17F4NO3/c20-14-6-3-12(4-7-14)18(25)24-16-10-13(19(21,22)23)5-8-17(16)27-11-15-2-1-9-26-15/h3-8,10,15H,1-2,9,11H2,(H,24,25)/t15-/m0/s1. The van der Waals surface area contributed by atoms with E-state index in [2.05, 4.69) is 5.32 Å². The number of carbonyl (C=O) groups excluding carboxylic acids is 1. The Kier molecular flexibility index (Phi) is 5.65. The Balaban J connectivity index is 1.82. The molecule has 0 radical (unpaired) electrons. The van der Waals surface area contributed by atoms with E-state index in [-0.39, 0.29) is 29.7 Å². The van der Waals surface area contributed by atoms with E-state index in [0.29, 0.717) is 6.61 Å². The van der Waals surface area contributed by atoms with Crippen molar-refractivity contribution in [3.63, 3.8) is 0 Å². The minimum Gasteiger partial charge on any atom is -0.489 e. The van der Waals surface area contributed by atoms with Gasteiger partial charge in [0.1, 0.15) is 18.2 Å². The molecule has 0 aromatic heterocycles. The van der Waals surface area contributed by atoms with Crippen molar-refractivity contribution in [3.05, 3.63) is 59.4 Å². The van der Waals surface area contributed by atoms with Crippen LogP contribution in [-0.4, -0.2) is 25.2 Å². The molecule has 1 amide bonds. The Bertz CT molecular complexity index is 800. The minimum absolute atomic E-state index is 0.106. The molecule has 3 rings (SSSR count). The molecule has 4 nitrogen and oxygen atoms in total. The third-order valence-electron chi connectivity index (χ3n) is 4.11. The van der Waals surface area contributed by atoms with Gasteiger partial charge in [-0.2, -0.15) is 13.2 Å². The second-order valence-corrected chi connectivity index (χ2v) is 6.12. The van der Waals surface area contributed by atoms with Crippen LogP contribution in [0.5, 0.6) is 5.75 Å². The van der Waals surface area contributed by atoms with E-state index >= 15 is 0 Å². The van der Waals surface area contributed by atoms with Gasteiger partial charge in [-0.3, -0.25) is 4.79 Å². The van der Waals surface area contributed by atoms with Crippen LogP contribution in [0.25, 0.3) is 0 Å². The Morgan fingerprint density at radius 1 is 1.19 bits per heavy atom. The van der Waals surface area contributed by atoms with Crippen LogP contribution in [0, 0.1) is 5.82 Å². The van der Waals surface area contributed by atoms with Gasteiger partial charge in [0, 0.05) is 12.2 Å². The molecule has 0 aliphatic carbocycles. The molecule has 1 heterocycles. The number of ether oxygens (including phenoxy) is 2. The molecule has 1 fully saturated rings. The lowest BCUT2D eigenvalue weighted by Crippen LogP contribution is -2.18. The van der Waals surface area contributed by atoms with Gasteiger partial charge in [-0.1, -0.05) is 0 Å². The first-order valence-electron chi connectivity index (χ1n) is 8.35. The average Bonchev–Trinajstić information content (AvgIpc) is 3.14. The van der Waals surface area contributed by atoms with Crippen LogP contribution in [0.15, 0.2) is 42.5 Å². The number of amides is 1. The molecule has 27 heavy (non-hydrogen) atoms. The van der Waals surface area contributed by atoms with Gasteiger partial charge in [-0.25, -0.2) is 4.39 Å². The maximum atomic E-state index is 13.0. The fraction of sp³-hybridized carbons (Fsp3) is 0.316. The number of benzene rings is 2. The molecule has 2 aromatic carbocycles. The Morgan fingerprint density at radius 3 is 2.56 bits per heavy atom. The molecule has 1 aliphatic heterocycles. The van der Waals surface area contributed by atoms with E-state index in [1.165, 1.54) is 12.1 Å². The molecule has 1 atom stereocenters. The number of rotatable bonds is 5. The van der Waals surface area contributed by atoms with Crippen LogP contribution >= 0.6 is 0 Å². The Labute approximate surface area is 153 Å². The van der Waals surface area contributed by atoms with Crippen molar-refractivity contribution in [2.24, 2.45) is 0 Å². The highest BCUT2D eigenvalue weighted by Crippen LogP contribution is 2.35. The van der Waals surface area contributed by atoms with Gasteiger partial charge >= 0.3 is 6.18 Å². The smallest absolute Gasteiger partial charge is 0.416 e. The summed E-state index contributed by atoms with van der Waals surface area (Å²) in [6.07, 6.45) is -3.00. The zero-order chi connectivity index (χ0) is 19.4. The van der Waals surface area contributed by atoms with Crippen LogP contribution < -0.4 is 10.1 Å². The van der Waals surface area contributed by atoms with Crippen molar-refractivity contribution in [2.45, 2.75) is 25.1 Å². The summed E-state index contributed by atoms with van der Waals surface area (Å²) >= 11 is 0. The summed E-state index contributed by atoms with van der Waals surface area (Å²) in [5.41, 5.74) is -0.919. The highest BCUT2D eigenvalue weighted by Gasteiger charge is 2.31. The molecular formula is C19H17F4NO3. The van der Waals surface area contributed by atoms with Gasteiger partial charge in [0.05, 0.1) is 17.4 Å². The molecule has 144 valence electrons. The van der Waals surface area contributed by atoms with Gasteiger partial charge in [-0.15, -0.1) is 0 Å². The van der Waals surface area contributed by atoms with Gasteiger partial charge < -0.3 is 14.8 Å². The second-order valence-electron chi connectivity index (χ2n) is 6.12. The monoisotopic (exact) mass is 383 g/mol. The summed E-state index contributed by atoms with van der Waals surface area (Å²) in [7, 11) is 0. The molecule has 1 aliphatic rings. The van der Waals surface area contributed by atoms with Crippen molar-refractivity contribution >= 4 is 11.6 Å². The lowest BCUT2D eigenvalue weighted by Gasteiger charge is -2.17. The fourth-order valence-electron chi connectivity index (χ4n) is 2.68. The molecule has 0 bridgehead atoms. The number of carbonyl (C=O) groups is 1. The van der Waals surface area contributed by atoms with Crippen molar-refractivity contribution in [1.82, 2.24) is 0 Å². The molecular weight excluding hydrogens is 366 g/mol. The van der Waals surface area contributed by atoms with E-state index in [9.17, 15) is 22.4 Å². The number of hydrogen-bond donors (Lipinski definition) is 1. The van der Waals surface area contributed by atoms with E-state index in [1.807, 2.05) is 0 Å². The van der Waals surface area contributed by atoms with Crippen LogP contribution in [-0.2, 0) is 10.9 Å². The van der Waals surface area contributed by atoms with Crippen molar-refractivity contribution in [3.8, 4) is 5.75 Å². The van der Waals surface area contributed by atoms with E-state index < -0.39 is 23.5 Å². The maximum Gasteiger partial charge on any atom is 0.416 e. The first kappa shape index (κ1) is 19.2. The van der Waals surface area contributed by atoms with Crippen LogP contribution in [0.1, 0.15) is 28.8 Å². The van der Waals surface area contributed by atoms with E-state index in [1.54, 1.807) is 0 Å². The van der Waals surface area contributed by atoms with E-state index in [0.717, 1.165) is 43.2 Å². The number of anilines is 1. The van der Waals surface area contributed by atoms with Crippen LogP contribution in [0.3, 0.4) is 0 Å². The minimum atomic E-state index is -4.57. The van der Waals surface area contributed by atoms with Crippen molar-refractivity contribution < 1.29 is 31.8 Å². The normalized spacial score (nSPS) is 17.0. The molecule has 2 aromatic rings. The first-order chi connectivity index (χ1) is 12.8. The first-order valence-corrected chi connectivity index (χ1v) is 8.35. The number of nitrogens with one attached hydrogen (secondary N) is 1. The third kappa shape index (κ3) is 4.97. The maximum absolute atomic E-state index is 13.0. The average molecular weight is 383 g/mol. The zero-order valence-corrected chi connectivity index (χ0v) is 14.2. The fourth-order valence-corrected chi connectivity index (χ4v) is 2.68. The van der Waals surface area contributed by atoms with Gasteiger partial charge in [0.15, 0.2) is 0 Å². The molecule has 0 spiro atoms. The predicted octanol–water partition coefficient (Wildman–Crippen LogP) is 4.65. The summed E-state index contributed by atoms with van der Waals surface area (Å²) < 4.78 is 63.1. The van der Waals surface area contributed by atoms with Crippen LogP contribution in [0.2, 0.25) is 0 Å². The topological polar surface area (TPSA) is 47.6 Å². The lowest BCUT2D eigenvalue weighted by molar-refractivity contribution is -0.137. The molecule has 8 heteroatoms. The quantitative estimate of drug-likeness (QED) is 0.765. The van der Waals surface area contributed by atoms with Gasteiger partial charge in [-0.05, 0) is 55.3 Å². The van der Waals surface area contributed by atoms with Crippen LogP contribution in [0.4, 0.5) is 23.2 Å². The predicted molar refractivity (Wildman–Crippen MR) is 90.3 cm³/mol.